The Bertz CT molecular complexity index is 641. The minimum atomic E-state index is -4.02. The molecule has 1 N–H and O–H groups in total. The monoisotopic (exact) mass is 315 g/mol. The molecule has 7 nitrogen and oxygen atoms in total. The van der Waals surface area contributed by atoms with Crippen molar-refractivity contribution < 1.29 is 27.5 Å². The van der Waals surface area contributed by atoms with Crippen molar-refractivity contribution in [2.75, 3.05) is 13.1 Å². The largest absolute Gasteiger partial charge is 0.475 e. The molecule has 8 heteroatoms. The van der Waals surface area contributed by atoms with Crippen molar-refractivity contribution in [1.82, 2.24) is 4.90 Å². The number of carbonyl (C=O) groups excluding carboxylic acids is 1. The molecule has 0 aromatic carbocycles. The molecule has 0 saturated carbocycles. The molecule has 2 heterocycles. The summed E-state index contributed by atoms with van der Waals surface area (Å²) in [6.07, 6.45) is 2.76. The highest BCUT2D eigenvalue weighted by atomic mass is 32.2. The van der Waals surface area contributed by atoms with Crippen molar-refractivity contribution in [1.29, 1.82) is 0 Å². The first kappa shape index (κ1) is 15.6. The van der Waals surface area contributed by atoms with Gasteiger partial charge in [0, 0.05) is 13.1 Å². The zero-order chi connectivity index (χ0) is 15.6. The maximum absolute atomic E-state index is 12.3. The van der Waals surface area contributed by atoms with E-state index in [0.717, 1.165) is 31.4 Å². The normalized spacial score (nSPS) is 17.5. The number of piperidine rings is 1. The van der Waals surface area contributed by atoms with Crippen LogP contribution in [0.1, 0.15) is 36.7 Å². The highest BCUT2D eigenvalue weighted by molar-refractivity contribution is 7.92. The van der Waals surface area contributed by atoms with Crippen LogP contribution in [0, 0.1) is 0 Å². The average Bonchev–Trinajstić information content (AvgIpc) is 2.97. The van der Waals surface area contributed by atoms with Crippen molar-refractivity contribution in [2.45, 2.75) is 36.5 Å². The third-order valence-corrected chi connectivity index (χ3v) is 5.47. The van der Waals surface area contributed by atoms with E-state index in [-0.39, 0.29) is 0 Å². The molecular weight excluding hydrogens is 298 g/mol. The average molecular weight is 315 g/mol. The molecule has 116 valence electrons. The van der Waals surface area contributed by atoms with E-state index in [0.29, 0.717) is 13.1 Å². The summed E-state index contributed by atoms with van der Waals surface area (Å²) in [4.78, 5) is 24.5. The lowest BCUT2D eigenvalue weighted by molar-refractivity contribution is -0.131. The minimum Gasteiger partial charge on any atom is -0.475 e. The predicted molar refractivity (Wildman–Crippen MR) is 72.7 cm³/mol. The van der Waals surface area contributed by atoms with Gasteiger partial charge in [0.2, 0.25) is 26.6 Å². The number of amides is 1. The molecule has 1 amide bonds. The molecule has 1 aromatic heterocycles. The Balaban J connectivity index is 2.20. The van der Waals surface area contributed by atoms with E-state index < -0.39 is 37.8 Å². The van der Waals surface area contributed by atoms with Gasteiger partial charge >= 0.3 is 5.97 Å². The van der Waals surface area contributed by atoms with Gasteiger partial charge < -0.3 is 14.4 Å². The van der Waals surface area contributed by atoms with Crippen LogP contribution >= 0.6 is 0 Å². The number of furan rings is 1. The summed E-state index contributed by atoms with van der Waals surface area (Å²) >= 11 is 0. The van der Waals surface area contributed by atoms with Crippen molar-refractivity contribution in [3.63, 3.8) is 0 Å². The number of nitrogens with zero attached hydrogens (tertiary/aromatic N) is 1. The minimum absolute atomic E-state index is 0.466. The summed E-state index contributed by atoms with van der Waals surface area (Å²) in [5.41, 5.74) is 0. The number of hydrogen-bond acceptors (Lipinski definition) is 5. The molecule has 0 bridgehead atoms. The third-order valence-electron chi connectivity index (χ3n) is 3.55. The summed E-state index contributed by atoms with van der Waals surface area (Å²) in [6, 6.07) is 2.13. The van der Waals surface area contributed by atoms with E-state index in [4.69, 9.17) is 9.52 Å². The van der Waals surface area contributed by atoms with Gasteiger partial charge in [0.15, 0.2) is 0 Å². The Kier molecular flexibility index (Phi) is 4.36. The second kappa shape index (κ2) is 5.88. The number of sulfone groups is 1. The fourth-order valence-corrected chi connectivity index (χ4v) is 3.49. The number of carboxylic acids is 1. The topological polar surface area (TPSA) is 105 Å². The molecule has 0 spiro atoms. The number of likely N-dealkylation sites (tertiary alicyclic amines) is 1. The van der Waals surface area contributed by atoms with Gasteiger partial charge in [-0.05, 0) is 38.3 Å². The van der Waals surface area contributed by atoms with Crippen LogP contribution in [0.2, 0.25) is 0 Å². The van der Waals surface area contributed by atoms with Crippen molar-refractivity contribution in [2.24, 2.45) is 0 Å². The Hall–Kier alpha value is -1.83. The van der Waals surface area contributed by atoms with E-state index in [1.807, 2.05) is 0 Å². The van der Waals surface area contributed by atoms with Crippen LogP contribution < -0.4 is 0 Å². The van der Waals surface area contributed by atoms with Crippen LogP contribution in [0.5, 0.6) is 0 Å². The fourth-order valence-electron chi connectivity index (χ4n) is 2.27. The first-order chi connectivity index (χ1) is 9.84. The standard InChI is InChI=1S/C13H17NO6S/c1-9(12(15)14-7-3-2-4-8-14)21(18,19)11-6-5-10(20-11)13(16)17/h5-6,9H,2-4,7-8H2,1H3,(H,16,17). The number of aromatic carboxylic acids is 1. The maximum atomic E-state index is 12.3. The molecule has 1 aliphatic rings. The molecule has 0 aliphatic carbocycles. The third kappa shape index (κ3) is 3.10. The molecule has 1 atom stereocenters. The van der Waals surface area contributed by atoms with Crippen molar-refractivity contribution in [3.05, 3.63) is 17.9 Å². The van der Waals surface area contributed by atoms with Crippen LogP contribution in [-0.2, 0) is 14.6 Å². The maximum Gasteiger partial charge on any atom is 0.371 e. The molecular formula is C13H17NO6S. The van der Waals surface area contributed by atoms with Gasteiger partial charge in [0.05, 0.1) is 0 Å². The Morgan fingerprint density at radius 3 is 2.38 bits per heavy atom. The molecule has 21 heavy (non-hydrogen) atoms. The van der Waals surface area contributed by atoms with E-state index in [1.54, 1.807) is 0 Å². The van der Waals surface area contributed by atoms with Gasteiger partial charge in [-0.15, -0.1) is 0 Å². The SMILES string of the molecule is CC(C(=O)N1CCCCC1)S(=O)(=O)c1ccc(C(=O)O)o1. The molecule has 1 aromatic rings. The second-order valence-corrected chi connectivity index (χ2v) is 7.20. The molecule has 1 saturated heterocycles. The van der Waals surface area contributed by atoms with Crippen LogP contribution in [0.4, 0.5) is 0 Å². The number of rotatable bonds is 4. The van der Waals surface area contributed by atoms with Crippen LogP contribution in [0.3, 0.4) is 0 Å². The second-order valence-electron chi connectivity index (χ2n) is 5.00. The van der Waals surface area contributed by atoms with E-state index in [1.165, 1.54) is 11.8 Å². The molecule has 0 radical (unpaired) electrons. The molecule has 1 fully saturated rings. The zero-order valence-electron chi connectivity index (χ0n) is 11.6. The van der Waals surface area contributed by atoms with Crippen LogP contribution in [0.25, 0.3) is 0 Å². The predicted octanol–water partition coefficient (Wildman–Crippen LogP) is 1.15. The lowest BCUT2D eigenvalue weighted by Gasteiger charge is -2.28. The van der Waals surface area contributed by atoms with Gasteiger partial charge in [-0.1, -0.05) is 0 Å². The van der Waals surface area contributed by atoms with Gasteiger partial charge in [-0.25, -0.2) is 13.2 Å². The Morgan fingerprint density at radius 1 is 1.24 bits per heavy atom. The van der Waals surface area contributed by atoms with E-state index in [2.05, 4.69) is 0 Å². The van der Waals surface area contributed by atoms with Crippen LogP contribution in [0.15, 0.2) is 21.6 Å². The lowest BCUT2D eigenvalue weighted by atomic mass is 10.1. The molecule has 2 rings (SSSR count). The number of carbonyl (C=O) groups is 2. The number of carboxylic acid groups (broad SMARTS) is 1. The van der Waals surface area contributed by atoms with Gasteiger partial charge in [0.25, 0.3) is 0 Å². The highest BCUT2D eigenvalue weighted by Gasteiger charge is 2.35. The van der Waals surface area contributed by atoms with Gasteiger partial charge in [-0.2, -0.15) is 0 Å². The van der Waals surface area contributed by atoms with Crippen molar-refractivity contribution in [3.8, 4) is 0 Å². The van der Waals surface area contributed by atoms with E-state index in [9.17, 15) is 18.0 Å². The van der Waals surface area contributed by atoms with Crippen molar-refractivity contribution >= 4 is 21.7 Å². The molecule has 1 unspecified atom stereocenters. The summed E-state index contributed by atoms with van der Waals surface area (Å²) in [7, 11) is -4.02. The fraction of sp³-hybridized carbons (Fsp3) is 0.538. The van der Waals surface area contributed by atoms with E-state index >= 15 is 0 Å². The first-order valence-corrected chi connectivity index (χ1v) is 8.24. The van der Waals surface area contributed by atoms with Crippen LogP contribution in [-0.4, -0.2) is 48.6 Å². The van der Waals surface area contributed by atoms with Gasteiger partial charge in [-0.3, -0.25) is 4.79 Å². The summed E-state index contributed by atoms with van der Waals surface area (Å²) in [5.74, 6) is -2.29. The summed E-state index contributed by atoms with van der Waals surface area (Å²) in [6.45, 7) is 2.41. The smallest absolute Gasteiger partial charge is 0.371 e. The lowest BCUT2D eigenvalue weighted by Crippen LogP contribution is -2.43. The quantitative estimate of drug-likeness (QED) is 0.893. The highest BCUT2D eigenvalue weighted by Crippen LogP contribution is 2.21. The Labute approximate surface area is 122 Å². The zero-order valence-corrected chi connectivity index (χ0v) is 12.4. The first-order valence-electron chi connectivity index (χ1n) is 6.70. The molecule has 1 aliphatic heterocycles. The summed E-state index contributed by atoms with van der Waals surface area (Å²) in [5, 5.41) is 6.98. The van der Waals surface area contributed by atoms with Gasteiger partial charge in [0.1, 0.15) is 5.25 Å². The summed E-state index contributed by atoms with van der Waals surface area (Å²) < 4.78 is 29.4. The number of hydrogen-bond donors (Lipinski definition) is 1. The Morgan fingerprint density at radius 2 is 1.86 bits per heavy atom.